The first kappa shape index (κ1) is 62.5. The summed E-state index contributed by atoms with van der Waals surface area (Å²) < 4.78 is 0. The number of benzene rings is 4. The largest absolute Gasteiger partial charge is 0.480 e. The van der Waals surface area contributed by atoms with Crippen molar-refractivity contribution >= 4 is 64.4 Å². The molecule has 4 aromatic carbocycles. The van der Waals surface area contributed by atoms with Crippen molar-refractivity contribution in [3.05, 3.63) is 177 Å². The molecule has 0 radical (unpaired) electrons. The summed E-state index contributed by atoms with van der Waals surface area (Å²) in [5, 5.41) is 38.7. The van der Waals surface area contributed by atoms with Gasteiger partial charge in [0.05, 0.1) is 24.0 Å². The van der Waals surface area contributed by atoms with Crippen LogP contribution >= 0.6 is 0 Å². The number of carbonyl (C=O) groups excluding carboxylic acids is 6. The monoisotopic (exact) mass is 1230 g/mol. The highest BCUT2D eigenvalue weighted by Crippen LogP contribution is 2.49. The summed E-state index contributed by atoms with van der Waals surface area (Å²) in [5.41, 5.74) is 7.49. The Balaban J connectivity index is 0.797. The number of fused-ring (bicyclic) bond motifs is 6. The number of piperidine rings is 2. The van der Waals surface area contributed by atoms with Gasteiger partial charge in [0.2, 0.25) is 35.4 Å². The number of aliphatic hydroxyl groups excluding tert-OH is 1. The lowest BCUT2D eigenvalue weighted by atomic mass is 9.73. The van der Waals surface area contributed by atoms with Crippen molar-refractivity contribution in [3.63, 3.8) is 0 Å². The highest BCUT2D eigenvalue weighted by Gasteiger charge is 2.53. The number of likely N-dealkylation sites (tertiary alicyclic amines) is 2. The summed E-state index contributed by atoms with van der Waals surface area (Å²) in [6.07, 6.45) is 6.82. The van der Waals surface area contributed by atoms with E-state index in [2.05, 4.69) is 46.8 Å². The van der Waals surface area contributed by atoms with Crippen molar-refractivity contribution in [3.8, 4) is 0 Å². The normalized spacial score (nSPS) is 22.0. The van der Waals surface area contributed by atoms with Crippen LogP contribution < -0.4 is 31.9 Å². The van der Waals surface area contributed by atoms with Crippen LogP contribution in [0, 0.1) is 10.8 Å². The van der Waals surface area contributed by atoms with E-state index in [-0.39, 0.29) is 75.9 Å². The van der Waals surface area contributed by atoms with Gasteiger partial charge >= 0.3 is 5.97 Å². The lowest BCUT2D eigenvalue weighted by Gasteiger charge is -2.45. The van der Waals surface area contributed by atoms with Gasteiger partial charge in [0.25, 0.3) is 0 Å². The van der Waals surface area contributed by atoms with E-state index in [0.717, 1.165) is 61.2 Å². The van der Waals surface area contributed by atoms with E-state index < -0.39 is 45.5 Å². The quantitative estimate of drug-likeness (QED) is 0.0420. The number of amides is 6. The molecule has 21 nitrogen and oxygen atoms in total. The molecule has 4 atom stereocenters. The number of carboxylic acids is 1. The molecule has 2 spiro atoms. The van der Waals surface area contributed by atoms with E-state index in [0.29, 0.717) is 101 Å². The fourth-order valence-corrected chi connectivity index (χ4v) is 15.2. The number of β-amino-alcohol motifs (C(OH)–C–C–N with tert-alkyl or cyclic N) is 1. The average molecular weight is 1230 g/mol. The van der Waals surface area contributed by atoms with Crippen LogP contribution in [0.2, 0.25) is 0 Å². The van der Waals surface area contributed by atoms with Crippen LogP contribution in [0.1, 0.15) is 107 Å². The Bertz CT molecular complexity index is 3870. The second-order valence-electron chi connectivity index (χ2n) is 26.3. The first-order valence-electron chi connectivity index (χ1n) is 31.6. The Kier molecular flexibility index (Phi) is 17.5. The Morgan fingerprint density at radius 2 is 1.11 bits per heavy atom. The molecule has 6 amide bonds. The number of carbonyl (C=O) groups is 7. The number of anilines is 4. The first-order valence-corrected chi connectivity index (χ1v) is 31.6. The maximum atomic E-state index is 15.6. The zero-order valence-corrected chi connectivity index (χ0v) is 52.1. The topological polar surface area (TPSA) is 271 Å². The molecule has 6 aromatic rings. The number of rotatable bonds is 21. The molecule has 21 heteroatoms. The van der Waals surface area contributed by atoms with Crippen LogP contribution in [0.5, 0.6) is 0 Å². The van der Waals surface area contributed by atoms with Crippen molar-refractivity contribution in [2.75, 3.05) is 87.8 Å². The molecule has 2 saturated heterocycles. The summed E-state index contributed by atoms with van der Waals surface area (Å²) in [6.45, 7) is 6.14. The molecule has 2 aliphatic carbocycles. The maximum Gasteiger partial charge on any atom is 0.317 e. The number of aliphatic carboxylic acids is 1. The molecule has 2 unspecified atom stereocenters. The Morgan fingerprint density at radius 3 is 1.65 bits per heavy atom. The molecule has 6 heterocycles. The van der Waals surface area contributed by atoms with Gasteiger partial charge in [0.1, 0.15) is 24.7 Å². The van der Waals surface area contributed by atoms with Crippen LogP contribution in [0.4, 0.5) is 23.0 Å². The first-order chi connectivity index (χ1) is 43.8. The molecule has 0 saturated carbocycles. The second-order valence-corrected chi connectivity index (χ2v) is 26.3. The van der Waals surface area contributed by atoms with E-state index in [1.54, 1.807) is 22.2 Å². The molecule has 4 aliphatic heterocycles. The third-order valence-corrected chi connectivity index (χ3v) is 20.1. The molecular weight excluding hydrogens is 1150 g/mol. The van der Waals surface area contributed by atoms with Gasteiger partial charge in [-0.3, -0.25) is 38.5 Å². The number of nitrogens with one attached hydrogen (secondary N) is 6. The number of carboxylic acid groups (broad SMARTS) is 1. The van der Waals surface area contributed by atoms with E-state index >= 15 is 9.59 Å². The summed E-state index contributed by atoms with van der Waals surface area (Å²) in [6, 6.07) is 32.1. The van der Waals surface area contributed by atoms with Crippen molar-refractivity contribution in [2.24, 2.45) is 10.8 Å². The van der Waals surface area contributed by atoms with Gasteiger partial charge in [0, 0.05) is 91.0 Å². The highest BCUT2D eigenvalue weighted by atomic mass is 16.4. The third-order valence-electron chi connectivity index (χ3n) is 20.1. The fraction of sp³-hybridized carbons (Fsp3) is 0.414. The second kappa shape index (κ2) is 25.5. The summed E-state index contributed by atoms with van der Waals surface area (Å²) in [4.78, 5) is 115. The molecular formula is C70H80N12O9. The van der Waals surface area contributed by atoms with Crippen molar-refractivity contribution < 1.29 is 43.8 Å². The van der Waals surface area contributed by atoms with Gasteiger partial charge in [-0.1, -0.05) is 80.6 Å². The van der Waals surface area contributed by atoms with Gasteiger partial charge < -0.3 is 56.8 Å². The zero-order valence-electron chi connectivity index (χ0n) is 52.1. The molecule has 8 N–H and O–H groups in total. The standard InChI is InChI=1S/C70H80N12O9/c1-67(19-24-79(25-20-67)27-28-83)65(90)81(41-58(84)75-53-17-15-45-32-69(34-50(45)30-53)55-11-7-22-73-61(55)77-63(69)88)40-49-14-13-44(29-52(49)38-72-4)57-36-68(2,21-26-80(57)43-60(86)87)66(91)82(39-48-10-6-5-9-47(48)37-71-3)42-59(85)76-54-18-16-46-33-70(35-51(46)31-54)56-12-8-23-74-62(56)78-64(70)89/h5-18,22-23,29-31,57,71-72,83H,19-21,24-28,32-43H2,1-4H3,(H,75,84)(H,76,85)(H,86,87)(H,73,77,88)(H,74,78,89)/t57?,68?,69-,70-/m1/s1. The maximum absolute atomic E-state index is 15.6. The van der Waals surface area contributed by atoms with Crippen LogP contribution in [0.15, 0.2) is 116 Å². The Morgan fingerprint density at radius 1 is 0.604 bits per heavy atom. The van der Waals surface area contributed by atoms with E-state index in [1.807, 2.05) is 136 Å². The highest BCUT2D eigenvalue weighted by molar-refractivity contribution is 6.07. The fourth-order valence-electron chi connectivity index (χ4n) is 15.2. The number of hydrogen-bond acceptors (Lipinski definition) is 14. The van der Waals surface area contributed by atoms with Crippen molar-refractivity contribution in [1.29, 1.82) is 0 Å². The molecule has 12 rings (SSSR count). The SMILES string of the molecule is CNCc1cc(C2CC(C)(C(=O)N(CC(=O)Nc3ccc4c(c3)C[C@@]3(C4)C(=O)Nc4ncccc43)Cc3ccccc3CNC)CCN2CC(=O)O)ccc1CN(CC(=O)Nc1ccc2c(c1)C[C@@]1(C2)C(=O)Nc2ncccc21)C(=O)C1(C)CCN(CCO)CC1. The number of hydrogen-bond donors (Lipinski definition) is 8. The van der Waals surface area contributed by atoms with E-state index in [9.17, 15) is 34.2 Å². The van der Waals surface area contributed by atoms with Crippen LogP contribution in [-0.4, -0.2) is 148 Å². The molecule has 2 aromatic heterocycles. The summed E-state index contributed by atoms with van der Waals surface area (Å²) in [5.74, 6) is -1.29. The number of aliphatic hydroxyl groups is 1. The minimum Gasteiger partial charge on any atom is -0.480 e. The van der Waals surface area contributed by atoms with Gasteiger partial charge in [-0.05, 0) is 165 Å². The van der Waals surface area contributed by atoms with E-state index in [4.69, 9.17) is 0 Å². The summed E-state index contributed by atoms with van der Waals surface area (Å²) in [7, 11) is 3.67. The molecule has 6 aliphatic rings. The predicted octanol–water partition coefficient (Wildman–Crippen LogP) is 5.85. The molecule has 0 bridgehead atoms. The lowest BCUT2D eigenvalue weighted by Crippen LogP contribution is -2.52. The lowest BCUT2D eigenvalue weighted by molar-refractivity contribution is -0.149. The van der Waals surface area contributed by atoms with Gasteiger partial charge in [-0.2, -0.15) is 0 Å². The van der Waals surface area contributed by atoms with Crippen LogP contribution in [-0.2, 0) is 96.3 Å². The van der Waals surface area contributed by atoms with Crippen molar-refractivity contribution in [2.45, 2.75) is 108 Å². The number of nitrogens with zero attached hydrogens (tertiary/aromatic N) is 6. The third kappa shape index (κ3) is 12.4. The van der Waals surface area contributed by atoms with Crippen molar-refractivity contribution in [1.82, 2.24) is 40.2 Å². The predicted molar refractivity (Wildman–Crippen MR) is 343 cm³/mol. The smallest absolute Gasteiger partial charge is 0.317 e. The van der Waals surface area contributed by atoms with E-state index in [1.165, 1.54) is 0 Å². The molecule has 2 fully saturated rings. The minimum absolute atomic E-state index is 0.00843. The van der Waals surface area contributed by atoms with Gasteiger partial charge in [-0.15, -0.1) is 0 Å². The Hall–Kier alpha value is -8.73. The zero-order chi connectivity index (χ0) is 63.8. The summed E-state index contributed by atoms with van der Waals surface area (Å²) >= 11 is 0. The minimum atomic E-state index is -1.07. The van der Waals surface area contributed by atoms with Crippen LogP contribution in [0.25, 0.3) is 0 Å². The van der Waals surface area contributed by atoms with Gasteiger partial charge in [0.15, 0.2) is 0 Å². The number of pyridine rings is 2. The number of aromatic nitrogens is 2. The van der Waals surface area contributed by atoms with Gasteiger partial charge in [-0.25, -0.2) is 9.97 Å². The molecule has 474 valence electrons. The van der Waals surface area contributed by atoms with Crippen LogP contribution in [0.3, 0.4) is 0 Å². The Labute approximate surface area is 529 Å². The molecule has 91 heavy (non-hydrogen) atoms. The average Bonchev–Trinajstić information content (AvgIpc) is 1.59.